The van der Waals surface area contributed by atoms with Gasteiger partial charge in [0.1, 0.15) is 0 Å². The third-order valence-corrected chi connectivity index (χ3v) is 7.51. The molecule has 0 spiro atoms. The molecule has 0 aliphatic carbocycles. The number of hydrogen-bond acceptors (Lipinski definition) is 5. The Labute approximate surface area is 209 Å². The maximum atomic E-state index is 5.86. The average Bonchev–Trinajstić information content (AvgIpc) is 3.55. The van der Waals surface area contributed by atoms with E-state index < -0.39 is 0 Å². The fourth-order valence-electron chi connectivity index (χ4n) is 4.24. The summed E-state index contributed by atoms with van der Waals surface area (Å²) in [5.74, 6) is 1.11. The summed E-state index contributed by atoms with van der Waals surface area (Å²) in [6.07, 6.45) is 0.997. The topological polar surface area (TPSA) is 54.2 Å². The molecule has 1 aliphatic heterocycles. The Morgan fingerprint density at radius 3 is 2.56 bits per heavy atom. The summed E-state index contributed by atoms with van der Waals surface area (Å²) in [5.41, 5.74) is 6.82. The fraction of sp³-hybridized carbons (Fsp3) is 0.222. The number of nitrogens with one attached hydrogen (secondary N) is 1. The fourth-order valence-corrected chi connectivity index (χ4v) is 5.21. The van der Waals surface area contributed by atoms with Gasteiger partial charge in [0.05, 0.1) is 23.0 Å². The number of benzene rings is 2. The van der Waals surface area contributed by atoms with Crippen LogP contribution in [0.25, 0.3) is 16.3 Å². The molecule has 5 rings (SSSR count). The van der Waals surface area contributed by atoms with Crippen molar-refractivity contribution in [1.29, 1.82) is 0 Å². The molecule has 0 saturated carbocycles. The minimum atomic E-state index is -0.178. The number of thiophene rings is 1. The molecule has 0 radical (unpaired) electrons. The number of nitrogens with zero attached hydrogens (tertiary/aromatic N) is 3. The van der Waals surface area contributed by atoms with Gasteiger partial charge in [0.15, 0.2) is 5.11 Å². The Morgan fingerprint density at radius 2 is 1.85 bits per heavy atom. The van der Waals surface area contributed by atoms with E-state index in [0.29, 0.717) is 23.4 Å². The van der Waals surface area contributed by atoms with Crippen LogP contribution < -0.4 is 5.32 Å². The van der Waals surface area contributed by atoms with Crippen LogP contribution in [-0.2, 0) is 13.0 Å². The molecular weight excluding hydrogens is 460 g/mol. The van der Waals surface area contributed by atoms with Crippen LogP contribution >= 0.6 is 23.6 Å². The molecule has 4 aromatic rings. The Hall–Kier alpha value is -3.29. The first-order valence-electron chi connectivity index (χ1n) is 11.3. The number of allylic oxidation sites excluding steroid dienone is 1. The molecule has 2 aromatic carbocycles. The van der Waals surface area contributed by atoms with Crippen molar-refractivity contribution in [3.05, 3.63) is 99.9 Å². The maximum Gasteiger partial charge on any atom is 0.258 e. The van der Waals surface area contributed by atoms with Crippen LogP contribution in [0.4, 0.5) is 0 Å². The van der Waals surface area contributed by atoms with Gasteiger partial charge in [0.25, 0.3) is 5.89 Å². The van der Waals surface area contributed by atoms with E-state index in [1.807, 2.05) is 17.5 Å². The number of rotatable bonds is 6. The summed E-state index contributed by atoms with van der Waals surface area (Å²) in [5, 5.41) is 10.5. The Kier molecular flexibility index (Phi) is 6.30. The summed E-state index contributed by atoms with van der Waals surface area (Å²) in [6, 6.07) is 20.8. The molecule has 2 aromatic heterocycles. The van der Waals surface area contributed by atoms with Crippen molar-refractivity contribution in [2.45, 2.75) is 39.8 Å². The molecule has 0 bridgehead atoms. The van der Waals surface area contributed by atoms with E-state index in [1.165, 1.54) is 16.7 Å². The Bertz CT molecular complexity index is 1340. The molecule has 0 fully saturated rings. The first kappa shape index (κ1) is 22.5. The van der Waals surface area contributed by atoms with E-state index in [-0.39, 0.29) is 6.04 Å². The molecule has 1 atom stereocenters. The summed E-state index contributed by atoms with van der Waals surface area (Å²) in [6.45, 7) is 7.04. The van der Waals surface area contributed by atoms with Crippen molar-refractivity contribution in [3.8, 4) is 10.7 Å². The van der Waals surface area contributed by atoms with Gasteiger partial charge >= 0.3 is 0 Å². The highest BCUT2D eigenvalue weighted by Crippen LogP contribution is 2.38. The molecule has 7 heteroatoms. The zero-order chi connectivity index (χ0) is 23.7. The first-order chi connectivity index (χ1) is 16.5. The van der Waals surface area contributed by atoms with Crippen LogP contribution in [-0.4, -0.2) is 20.2 Å². The molecular formula is C27H26N4OS2. The van der Waals surface area contributed by atoms with E-state index in [4.69, 9.17) is 21.7 Å². The molecule has 3 heterocycles. The van der Waals surface area contributed by atoms with Crippen molar-refractivity contribution >= 4 is 34.2 Å². The van der Waals surface area contributed by atoms with Gasteiger partial charge in [-0.3, -0.25) is 0 Å². The lowest BCUT2D eigenvalue weighted by molar-refractivity contribution is 0.396. The summed E-state index contributed by atoms with van der Waals surface area (Å²) in [4.78, 5) is 7.89. The van der Waals surface area contributed by atoms with E-state index in [9.17, 15) is 0 Å². The van der Waals surface area contributed by atoms with Crippen LogP contribution in [0.1, 0.15) is 48.0 Å². The first-order valence-corrected chi connectivity index (χ1v) is 12.6. The Morgan fingerprint density at radius 1 is 1.06 bits per heavy atom. The monoisotopic (exact) mass is 486 g/mol. The van der Waals surface area contributed by atoms with Crippen LogP contribution in [0, 0.1) is 6.92 Å². The van der Waals surface area contributed by atoms with Crippen LogP contribution in [0.5, 0.6) is 0 Å². The zero-order valence-corrected chi connectivity index (χ0v) is 21.0. The third-order valence-electron chi connectivity index (χ3n) is 6.31. The highest BCUT2D eigenvalue weighted by Gasteiger charge is 2.34. The van der Waals surface area contributed by atoms with Gasteiger partial charge < -0.3 is 14.7 Å². The summed E-state index contributed by atoms with van der Waals surface area (Å²) >= 11 is 7.46. The molecule has 5 nitrogen and oxygen atoms in total. The smallest absolute Gasteiger partial charge is 0.258 e. The lowest BCUT2D eigenvalue weighted by Crippen LogP contribution is -2.45. The number of aromatic nitrogens is 2. The Balaban J connectivity index is 1.60. The SMILES string of the molecule is CCc1ccc(C2NC(=S)N(Cc3ccccc3C)C(C)=C2c2nc(-c3cccs3)no2)cc1. The summed E-state index contributed by atoms with van der Waals surface area (Å²) in [7, 11) is 0. The second-order valence-corrected chi connectivity index (χ2v) is 9.72. The van der Waals surface area contributed by atoms with Gasteiger partial charge in [-0.2, -0.15) is 4.98 Å². The third kappa shape index (κ3) is 4.29. The minimum absolute atomic E-state index is 0.178. The number of aryl methyl sites for hydroxylation is 2. The van der Waals surface area contributed by atoms with Crippen LogP contribution in [0.15, 0.2) is 76.3 Å². The molecule has 0 saturated heterocycles. The van der Waals surface area contributed by atoms with Crippen molar-refractivity contribution in [1.82, 2.24) is 20.4 Å². The lowest BCUT2D eigenvalue weighted by Gasteiger charge is -2.37. The summed E-state index contributed by atoms with van der Waals surface area (Å²) < 4.78 is 5.83. The van der Waals surface area contributed by atoms with Crippen molar-refractivity contribution in [2.24, 2.45) is 0 Å². The number of hydrogen-bond donors (Lipinski definition) is 1. The van der Waals surface area contributed by atoms with Crippen molar-refractivity contribution in [2.75, 3.05) is 0 Å². The van der Waals surface area contributed by atoms with Crippen LogP contribution in [0.3, 0.4) is 0 Å². The molecule has 1 aliphatic rings. The van der Waals surface area contributed by atoms with E-state index in [1.54, 1.807) is 11.3 Å². The van der Waals surface area contributed by atoms with Gasteiger partial charge in [0, 0.05) is 5.70 Å². The lowest BCUT2D eigenvalue weighted by atomic mass is 9.93. The van der Waals surface area contributed by atoms with Gasteiger partial charge in [-0.25, -0.2) is 0 Å². The highest BCUT2D eigenvalue weighted by molar-refractivity contribution is 7.80. The second-order valence-electron chi connectivity index (χ2n) is 8.39. The van der Waals surface area contributed by atoms with Gasteiger partial charge in [-0.1, -0.05) is 66.7 Å². The highest BCUT2D eigenvalue weighted by atomic mass is 32.1. The maximum absolute atomic E-state index is 5.86. The predicted molar refractivity (Wildman–Crippen MR) is 141 cm³/mol. The molecule has 1 unspecified atom stereocenters. The van der Waals surface area contributed by atoms with E-state index >= 15 is 0 Å². The minimum Gasteiger partial charge on any atom is -0.351 e. The predicted octanol–water partition coefficient (Wildman–Crippen LogP) is 6.53. The normalized spacial score (nSPS) is 16.1. The second kappa shape index (κ2) is 9.52. The largest absolute Gasteiger partial charge is 0.351 e. The quantitative estimate of drug-likeness (QED) is 0.313. The van der Waals surface area contributed by atoms with Crippen LogP contribution in [0.2, 0.25) is 0 Å². The molecule has 172 valence electrons. The number of thiocarbonyl (C=S) groups is 1. The zero-order valence-electron chi connectivity index (χ0n) is 19.4. The standard InChI is InChI=1S/C27H26N4OS2/c1-4-19-11-13-20(14-12-19)24-23(26-29-25(30-32-26)22-10-7-15-34-22)18(3)31(27(33)28-24)16-21-9-6-5-8-17(21)2/h5-15,24H,4,16H2,1-3H3,(H,28,33). The van der Waals surface area contributed by atoms with Gasteiger partial charge in [-0.15, -0.1) is 11.3 Å². The van der Waals surface area contributed by atoms with Gasteiger partial charge in [-0.05, 0) is 66.2 Å². The van der Waals surface area contributed by atoms with E-state index in [0.717, 1.165) is 28.1 Å². The van der Waals surface area contributed by atoms with E-state index in [2.05, 4.69) is 84.7 Å². The molecule has 0 amide bonds. The molecule has 34 heavy (non-hydrogen) atoms. The van der Waals surface area contributed by atoms with Crippen molar-refractivity contribution in [3.63, 3.8) is 0 Å². The molecule has 1 N–H and O–H groups in total. The van der Waals surface area contributed by atoms with Gasteiger partial charge in [0.2, 0.25) is 5.82 Å². The van der Waals surface area contributed by atoms with Crippen molar-refractivity contribution < 1.29 is 4.52 Å². The average molecular weight is 487 g/mol.